The summed E-state index contributed by atoms with van der Waals surface area (Å²) in [7, 11) is 3.11. The molecular formula is C14H13N3O2. The average molecular weight is 255 g/mol. The Kier molecular flexibility index (Phi) is 3.90. The number of rotatable bonds is 4. The van der Waals surface area contributed by atoms with Gasteiger partial charge in [-0.25, -0.2) is 0 Å². The quantitative estimate of drug-likeness (QED) is 0.464. The maximum atomic E-state index is 8.55. The van der Waals surface area contributed by atoms with Gasteiger partial charge < -0.3 is 9.47 Å². The first kappa shape index (κ1) is 12.8. The number of hydrogen-bond donors (Lipinski definition) is 0. The highest BCUT2D eigenvalue weighted by molar-refractivity contribution is 5.76. The van der Waals surface area contributed by atoms with Gasteiger partial charge in [-0.05, 0) is 23.2 Å². The molecule has 0 aliphatic carbocycles. The van der Waals surface area contributed by atoms with Crippen LogP contribution in [-0.4, -0.2) is 14.2 Å². The third-order valence-electron chi connectivity index (χ3n) is 2.74. The minimum atomic E-state index is 0.404. The molecule has 0 aliphatic rings. The normalized spacial score (nSPS) is 9.58. The van der Waals surface area contributed by atoms with E-state index < -0.39 is 0 Å². The van der Waals surface area contributed by atoms with Gasteiger partial charge in [0.25, 0.3) is 0 Å². The number of nitrogens with zero attached hydrogens (tertiary/aromatic N) is 3. The number of azide groups is 1. The summed E-state index contributed by atoms with van der Waals surface area (Å²) in [6, 6.07) is 13.3. The highest BCUT2D eigenvalue weighted by Crippen LogP contribution is 2.40. The monoisotopic (exact) mass is 255 g/mol. The third-order valence-corrected chi connectivity index (χ3v) is 2.74. The van der Waals surface area contributed by atoms with Crippen LogP contribution in [0.2, 0.25) is 0 Å². The third kappa shape index (κ3) is 2.61. The Bertz CT molecular complexity index is 620. The highest BCUT2D eigenvalue weighted by atomic mass is 16.5. The van der Waals surface area contributed by atoms with Crippen LogP contribution in [0.5, 0.6) is 11.5 Å². The molecule has 0 radical (unpaired) electrons. The second-order valence-electron chi connectivity index (χ2n) is 3.78. The van der Waals surface area contributed by atoms with Gasteiger partial charge in [-0.15, -0.1) is 0 Å². The molecule has 2 aromatic rings. The van der Waals surface area contributed by atoms with Crippen LogP contribution in [0.3, 0.4) is 0 Å². The minimum absolute atomic E-state index is 0.404. The summed E-state index contributed by atoms with van der Waals surface area (Å²) in [4.78, 5) is 2.78. The molecule has 0 fully saturated rings. The van der Waals surface area contributed by atoms with Crippen LogP contribution in [-0.2, 0) is 0 Å². The van der Waals surface area contributed by atoms with Crippen molar-refractivity contribution in [3.8, 4) is 22.6 Å². The Hall–Kier alpha value is -2.65. The Labute approximate surface area is 111 Å². The van der Waals surface area contributed by atoms with Crippen LogP contribution < -0.4 is 9.47 Å². The molecular weight excluding hydrogens is 242 g/mol. The van der Waals surface area contributed by atoms with E-state index in [0.717, 1.165) is 11.1 Å². The topological polar surface area (TPSA) is 67.2 Å². The van der Waals surface area contributed by atoms with Gasteiger partial charge in [-0.1, -0.05) is 35.4 Å². The second-order valence-corrected chi connectivity index (χ2v) is 3.78. The standard InChI is InChI=1S/C14H13N3O2/c1-18-13-9-12(16-17-15)14(19-2)8-11(13)10-6-4-3-5-7-10/h3-9H,1-2H3. The van der Waals surface area contributed by atoms with Gasteiger partial charge in [-0.3, -0.25) is 0 Å². The zero-order chi connectivity index (χ0) is 13.7. The fourth-order valence-electron chi connectivity index (χ4n) is 1.85. The Morgan fingerprint density at radius 2 is 1.68 bits per heavy atom. The summed E-state index contributed by atoms with van der Waals surface area (Å²) in [6.07, 6.45) is 0. The maximum absolute atomic E-state index is 8.55. The molecule has 0 aliphatic heterocycles. The van der Waals surface area contributed by atoms with Crippen molar-refractivity contribution in [1.82, 2.24) is 0 Å². The van der Waals surface area contributed by atoms with Crippen molar-refractivity contribution in [1.29, 1.82) is 0 Å². The summed E-state index contributed by atoms with van der Waals surface area (Å²) in [5.41, 5.74) is 10.8. The van der Waals surface area contributed by atoms with Crippen LogP contribution in [0.4, 0.5) is 5.69 Å². The van der Waals surface area contributed by atoms with Crippen molar-refractivity contribution in [2.45, 2.75) is 0 Å². The zero-order valence-electron chi connectivity index (χ0n) is 10.7. The number of benzene rings is 2. The van der Waals surface area contributed by atoms with E-state index in [2.05, 4.69) is 10.0 Å². The van der Waals surface area contributed by atoms with Gasteiger partial charge in [0.1, 0.15) is 11.5 Å². The second kappa shape index (κ2) is 5.80. The Balaban J connectivity index is 2.64. The largest absolute Gasteiger partial charge is 0.496 e. The van der Waals surface area contributed by atoms with E-state index in [4.69, 9.17) is 15.0 Å². The first-order valence-corrected chi connectivity index (χ1v) is 5.66. The van der Waals surface area contributed by atoms with Crippen LogP contribution in [0, 0.1) is 0 Å². The van der Waals surface area contributed by atoms with E-state index in [1.165, 1.54) is 7.11 Å². The van der Waals surface area contributed by atoms with Crippen LogP contribution >= 0.6 is 0 Å². The molecule has 0 spiro atoms. The molecule has 0 saturated carbocycles. The van der Waals surface area contributed by atoms with Crippen molar-refractivity contribution < 1.29 is 9.47 Å². The van der Waals surface area contributed by atoms with Crippen molar-refractivity contribution in [3.05, 3.63) is 52.9 Å². The summed E-state index contributed by atoms with van der Waals surface area (Å²) >= 11 is 0. The van der Waals surface area contributed by atoms with E-state index in [1.54, 1.807) is 19.2 Å². The molecule has 0 aromatic heterocycles. The smallest absolute Gasteiger partial charge is 0.129 e. The van der Waals surface area contributed by atoms with Gasteiger partial charge in [-0.2, -0.15) is 0 Å². The van der Waals surface area contributed by atoms with Gasteiger partial charge in [0.05, 0.1) is 19.9 Å². The fraction of sp³-hybridized carbons (Fsp3) is 0.143. The molecule has 5 heteroatoms. The lowest BCUT2D eigenvalue weighted by atomic mass is 10.0. The number of ether oxygens (including phenoxy) is 2. The van der Waals surface area contributed by atoms with Crippen molar-refractivity contribution in [2.75, 3.05) is 14.2 Å². The molecule has 2 aromatic carbocycles. The zero-order valence-corrected chi connectivity index (χ0v) is 10.7. The van der Waals surface area contributed by atoms with Gasteiger partial charge in [0.15, 0.2) is 0 Å². The lowest BCUT2D eigenvalue weighted by molar-refractivity contribution is 0.405. The molecule has 0 saturated heterocycles. The molecule has 2 rings (SSSR count). The molecule has 5 nitrogen and oxygen atoms in total. The molecule has 0 unspecified atom stereocenters. The predicted molar refractivity (Wildman–Crippen MR) is 73.8 cm³/mol. The summed E-state index contributed by atoms with van der Waals surface area (Å²) in [5, 5.41) is 3.60. The molecule has 0 amide bonds. The number of hydrogen-bond acceptors (Lipinski definition) is 3. The van der Waals surface area contributed by atoms with Gasteiger partial charge in [0, 0.05) is 10.5 Å². The van der Waals surface area contributed by atoms with E-state index in [9.17, 15) is 0 Å². The Morgan fingerprint density at radius 3 is 2.26 bits per heavy atom. The average Bonchev–Trinajstić information content (AvgIpc) is 2.48. The minimum Gasteiger partial charge on any atom is -0.496 e. The van der Waals surface area contributed by atoms with Crippen molar-refractivity contribution in [3.63, 3.8) is 0 Å². The first-order chi connectivity index (χ1) is 9.30. The molecule has 0 atom stereocenters. The lowest BCUT2D eigenvalue weighted by Crippen LogP contribution is -1.91. The molecule has 19 heavy (non-hydrogen) atoms. The summed E-state index contributed by atoms with van der Waals surface area (Å²) < 4.78 is 10.6. The molecule has 0 bridgehead atoms. The fourth-order valence-corrected chi connectivity index (χ4v) is 1.85. The molecule has 0 heterocycles. The predicted octanol–water partition coefficient (Wildman–Crippen LogP) is 4.31. The molecule has 0 N–H and O–H groups in total. The number of methoxy groups -OCH3 is 2. The maximum Gasteiger partial charge on any atom is 0.129 e. The van der Waals surface area contributed by atoms with E-state index in [-0.39, 0.29) is 0 Å². The Morgan fingerprint density at radius 1 is 1.00 bits per heavy atom. The SMILES string of the molecule is COc1cc(-c2ccccc2)c(OC)cc1N=[N+]=[N-]. The summed E-state index contributed by atoms with van der Waals surface area (Å²) in [6.45, 7) is 0. The van der Waals surface area contributed by atoms with Crippen LogP contribution in [0.1, 0.15) is 0 Å². The van der Waals surface area contributed by atoms with Gasteiger partial charge >= 0.3 is 0 Å². The van der Waals surface area contributed by atoms with E-state index in [0.29, 0.717) is 17.2 Å². The van der Waals surface area contributed by atoms with Gasteiger partial charge in [0.2, 0.25) is 0 Å². The van der Waals surface area contributed by atoms with Crippen LogP contribution in [0.25, 0.3) is 21.6 Å². The lowest BCUT2D eigenvalue weighted by Gasteiger charge is -2.12. The van der Waals surface area contributed by atoms with E-state index in [1.807, 2.05) is 30.3 Å². The first-order valence-electron chi connectivity index (χ1n) is 5.66. The highest BCUT2D eigenvalue weighted by Gasteiger charge is 2.11. The van der Waals surface area contributed by atoms with Crippen LogP contribution in [0.15, 0.2) is 47.6 Å². The van der Waals surface area contributed by atoms with Crippen molar-refractivity contribution >= 4 is 5.69 Å². The molecule has 96 valence electrons. The summed E-state index contributed by atoms with van der Waals surface area (Å²) in [5.74, 6) is 1.15. The van der Waals surface area contributed by atoms with E-state index >= 15 is 0 Å². The van der Waals surface area contributed by atoms with Crippen molar-refractivity contribution in [2.24, 2.45) is 5.11 Å².